The molecule has 0 aliphatic carbocycles. The average molecular weight is 355 g/mol. The highest BCUT2D eigenvalue weighted by atomic mass is 16.5. The van der Waals surface area contributed by atoms with Crippen LogP contribution in [0.25, 0.3) is 0 Å². The van der Waals surface area contributed by atoms with Crippen molar-refractivity contribution < 1.29 is 19.2 Å². The number of benzene rings is 2. The molecular formula is C21H27N2O3+. The SMILES string of the molecule is CCOc1ccc(C(C)=O)cc1C[NH+](C)CC(=O)Nc1ccc(C)cc1. The fraction of sp³-hybridized carbons (Fsp3) is 0.333. The predicted octanol–water partition coefficient (Wildman–Crippen LogP) is 2.25. The van der Waals surface area contributed by atoms with Crippen LogP contribution in [0.1, 0.15) is 35.3 Å². The Kier molecular flexibility index (Phi) is 6.92. The highest BCUT2D eigenvalue weighted by Gasteiger charge is 2.15. The van der Waals surface area contributed by atoms with E-state index in [2.05, 4.69) is 5.32 Å². The number of quaternary nitrogens is 1. The van der Waals surface area contributed by atoms with Crippen LogP contribution >= 0.6 is 0 Å². The van der Waals surface area contributed by atoms with Crippen molar-refractivity contribution in [2.45, 2.75) is 27.3 Å². The van der Waals surface area contributed by atoms with Crippen LogP contribution in [0.5, 0.6) is 5.75 Å². The molecule has 0 saturated heterocycles. The molecule has 0 fully saturated rings. The molecule has 1 atom stereocenters. The van der Waals surface area contributed by atoms with E-state index in [-0.39, 0.29) is 11.7 Å². The fourth-order valence-electron chi connectivity index (χ4n) is 2.74. The topological polar surface area (TPSA) is 59.8 Å². The van der Waals surface area contributed by atoms with E-state index in [0.717, 1.165) is 27.5 Å². The molecule has 5 heteroatoms. The Morgan fingerprint density at radius 3 is 2.42 bits per heavy atom. The molecule has 0 heterocycles. The predicted molar refractivity (Wildman–Crippen MR) is 103 cm³/mol. The number of carbonyl (C=O) groups is 2. The lowest BCUT2D eigenvalue weighted by atomic mass is 10.1. The molecule has 2 rings (SSSR count). The quantitative estimate of drug-likeness (QED) is 0.714. The molecule has 0 bridgehead atoms. The van der Waals surface area contributed by atoms with Gasteiger partial charge in [0.05, 0.1) is 13.7 Å². The largest absolute Gasteiger partial charge is 0.493 e. The van der Waals surface area contributed by atoms with Gasteiger partial charge in [0.1, 0.15) is 12.3 Å². The molecular weight excluding hydrogens is 328 g/mol. The first-order valence-corrected chi connectivity index (χ1v) is 8.83. The molecule has 0 aliphatic heterocycles. The molecule has 1 amide bonds. The minimum Gasteiger partial charge on any atom is -0.493 e. The van der Waals surface area contributed by atoms with Gasteiger partial charge < -0.3 is 15.0 Å². The first-order valence-electron chi connectivity index (χ1n) is 8.83. The molecule has 138 valence electrons. The lowest BCUT2D eigenvalue weighted by molar-refractivity contribution is -0.885. The van der Waals surface area contributed by atoms with Crippen molar-refractivity contribution >= 4 is 17.4 Å². The summed E-state index contributed by atoms with van der Waals surface area (Å²) in [6, 6.07) is 13.2. The third-order valence-electron chi connectivity index (χ3n) is 4.06. The van der Waals surface area contributed by atoms with Crippen LogP contribution in [-0.2, 0) is 11.3 Å². The third kappa shape index (κ3) is 5.70. The normalized spacial score (nSPS) is 11.7. The molecule has 2 aromatic rings. The Morgan fingerprint density at radius 2 is 1.81 bits per heavy atom. The summed E-state index contributed by atoms with van der Waals surface area (Å²) in [4.78, 5) is 24.9. The summed E-state index contributed by atoms with van der Waals surface area (Å²) in [5.41, 5.74) is 3.53. The first kappa shape index (κ1) is 19.7. The van der Waals surface area contributed by atoms with E-state index in [4.69, 9.17) is 4.74 Å². The van der Waals surface area contributed by atoms with Crippen molar-refractivity contribution in [3.63, 3.8) is 0 Å². The highest BCUT2D eigenvalue weighted by Crippen LogP contribution is 2.20. The average Bonchev–Trinajstić information content (AvgIpc) is 2.58. The second kappa shape index (κ2) is 9.15. The summed E-state index contributed by atoms with van der Waals surface area (Å²) in [6.07, 6.45) is 0. The maximum Gasteiger partial charge on any atom is 0.279 e. The van der Waals surface area contributed by atoms with Crippen LogP contribution in [0.4, 0.5) is 5.69 Å². The van der Waals surface area contributed by atoms with Gasteiger partial charge in [-0.25, -0.2) is 0 Å². The van der Waals surface area contributed by atoms with E-state index >= 15 is 0 Å². The smallest absolute Gasteiger partial charge is 0.279 e. The lowest BCUT2D eigenvalue weighted by Gasteiger charge is -2.17. The van der Waals surface area contributed by atoms with Gasteiger partial charge in [-0.05, 0) is 51.1 Å². The summed E-state index contributed by atoms with van der Waals surface area (Å²) in [5.74, 6) is 0.729. The molecule has 0 radical (unpaired) electrons. The second-order valence-electron chi connectivity index (χ2n) is 6.54. The van der Waals surface area contributed by atoms with Crippen molar-refractivity contribution in [1.29, 1.82) is 0 Å². The van der Waals surface area contributed by atoms with E-state index in [9.17, 15) is 9.59 Å². The number of rotatable bonds is 8. The monoisotopic (exact) mass is 355 g/mol. The van der Waals surface area contributed by atoms with Crippen molar-refractivity contribution in [3.05, 3.63) is 59.2 Å². The number of ether oxygens (including phenoxy) is 1. The van der Waals surface area contributed by atoms with Gasteiger partial charge in [-0.3, -0.25) is 9.59 Å². The highest BCUT2D eigenvalue weighted by molar-refractivity contribution is 5.94. The second-order valence-corrected chi connectivity index (χ2v) is 6.54. The third-order valence-corrected chi connectivity index (χ3v) is 4.06. The number of anilines is 1. The van der Waals surface area contributed by atoms with Crippen molar-refractivity contribution in [2.75, 3.05) is 25.5 Å². The van der Waals surface area contributed by atoms with Crippen molar-refractivity contribution in [1.82, 2.24) is 0 Å². The zero-order valence-corrected chi connectivity index (χ0v) is 15.9. The van der Waals surface area contributed by atoms with Crippen molar-refractivity contribution in [2.24, 2.45) is 0 Å². The van der Waals surface area contributed by atoms with E-state index in [1.54, 1.807) is 13.0 Å². The van der Waals surface area contributed by atoms with E-state index in [0.29, 0.717) is 25.3 Å². The Hall–Kier alpha value is -2.66. The molecule has 0 spiro atoms. The van der Waals surface area contributed by atoms with Crippen LogP contribution in [-0.4, -0.2) is 31.9 Å². The van der Waals surface area contributed by atoms with Crippen LogP contribution in [0, 0.1) is 6.92 Å². The summed E-state index contributed by atoms with van der Waals surface area (Å²) in [6.45, 7) is 6.95. The summed E-state index contributed by atoms with van der Waals surface area (Å²) in [5, 5.41) is 2.91. The number of aryl methyl sites for hydroxylation is 1. The standard InChI is InChI=1S/C21H26N2O3/c1-5-26-20-11-8-17(16(3)24)12-18(20)13-23(4)14-21(25)22-19-9-6-15(2)7-10-19/h6-12H,5,13-14H2,1-4H3,(H,22,25)/p+1. The van der Waals surface area contributed by atoms with E-state index in [1.807, 2.05) is 57.3 Å². The molecule has 2 N–H and O–H groups in total. The van der Waals surface area contributed by atoms with Crippen LogP contribution < -0.4 is 15.0 Å². The van der Waals surface area contributed by atoms with Gasteiger partial charge >= 0.3 is 0 Å². The number of hydrogen-bond acceptors (Lipinski definition) is 3. The van der Waals surface area contributed by atoms with Gasteiger partial charge in [0.25, 0.3) is 5.91 Å². The number of nitrogens with one attached hydrogen (secondary N) is 2. The maximum absolute atomic E-state index is 12.3. The number of likely N-dealkylation sites (N-methyl/N-ethyl adjacent to an activating group) is 1. The lowest BCUT2D eigenvalue weighted by Crippen LogP contribution is -3.08. The Labute approximate surface area is 155 Å². The Bertz CT molecular complexity index is 769. The fourth-order valence-corrected chi connectivity index (χ4v) is 2.74. The van der Waals surface area contributed by atoms with Gasteiger partial charge in [-0.1, -0.05) is 17.7 Å². The molecule has 1 unspecified atom stereocenters. The van der Waals surface area contributed by atoms with Gasteiger partial charge in [0.2, 0.25) is 0 Å². The minimum atomic E-state index is -0.0490. The van der Waals surface area contributed by atoms with E-state index in [1.165, 1.54) is 0 Å². The molecule has 5 nitrogen and oxygen atoms in total. The zero-order chi connectivity index (χ0) is 19.1. The summed E-state index contributed by atoms with van der Waals surface area (Å²) < 4.78 is 5.66. The molecule has 0 aliphatic rings. The molecule has 0 aromatic heterocycles. The minimum absolute atomic E-state index is 0.0177. The molecule has 0 saturated carbocycles. The van der Waals surface area contributed by atoms with E-state index < -0.39 is 0 Å². The van der Waals surface area contributed by atoms with Crippen LogP contribution in [0.3, 0.4) is 0 Å². The van der Waals surface area contributed by atoms with Gasteiger partial charge in [-0.15, -0.1) is 0 Å². The number of amides is 1. The van der Waals surface area contributed by atoms with Crippen molar-refractivity contribution in [3.8, 4) is 5.75 Å². The van der Waals surface area contributed by atoms with Gasteiger partial charge in [0, 0.05) is 16.8 Å². The number of Topliss-reactive ketones (excluding diaryl/α,β-unsaturated/α-hetero) is 1. The number of ketones is 1. The zero-order valence-electron chi connectivity index (χ0n) is 15.9. The first-order chi connectivity index (χ1) is 12.4. The summed E-state index contributed by atoms with van der Waals surface area (Å²) >= 11 is 0. The van der Waals surface area contributed by atoms with Crippen LogP contribution in [0.2, 0.25) is 0 Å². The number of carbonyl (C=O) groups excluding carboxylic acids is 2. The molecule has 2 aromatic carbocycles. The Balaban J connectivity index is 2.02. The summed E-state index contributed by atoms with van der Waals surface area (Å²) in [7, 11) is 1.95. The maximum atomic E-state index is 12.3. The Morgan fingerprint density at radius 1 is 1.12 bits per heavy atom. The molecule has 26 heavy (non-hydrogen) atoms. The van der Waals surface area contributed by atoms with Crippen LogP contribution in [0.15, 0.2) is 42.5 Å². The van der Waals surface area contributed by atoms with Gasteiger partial charge in [0.15, 0.2) is 12.3 Å². The van der Waals surface area contributed by atoms with Gasteiger partial charge in [-0.2, -0.15) is 0 Å². The number of hydrogen-bond donors (Lipinski definition) is 2.